The molecule has 0 aliphatic heterocycles. The molecule has 4 nitrogen and oxygen atoms in total. The third-order valence-corrected chi connectivity index (χ3v) is 4.51. The van der Waals surface area contributed by atoms with E-state index in [9.17, 15) is 4.39 Å². The van der Waals surface area contributed by atoms with Crippen LogP contribution < -0.4 is 5.73 Å². The molecule has 2 aromatic rings. The molecule has 0 amide bonds. The van der Waals surface area contributed by atoms with Crippen molar-refractivity contribution >= 4 is 0 Å². The zero-order chi connectivity index (χ0) is 14.9. The Hall–Kier alpha value is -1.75. The zero-order valence-corrected chi connectivity index (χ0v) is 12.2. The number of benzene rings is 1. The van der Waals surface area contributed by atoms with Gasteiger partial charge in [-0.15, -0.1) is 0 Å². The van der Waals surface area contributed by atoms with Crippen molar-refractivity contribution in [2.75, 3.05) is 6.54 Å². The molecule has 3 rings (SSSR count). The summed E-state index contributed by atoms with van der Waals surface area (Å²) in [5.41, 5.74) is 7.41. The Bertz CT molecular complexity index is 632. The van der Waals surface area contributed by atoms with E-state index in [4.69, 9.17) is 10.3 Å². The van der Waals surface area contributed by atoms with Gasteiger partial charge in [-0.3, -0.25) is 0 Å². The van der Waals surface area contributed by atoms with Crippen molar-refractivity contribution in [2.45, 2.75) is 44.4 Å². The second kappa shape index (κ2) is 5.56. The second-order valence-corrected chi connectivity index (χ2v) is 5.93. The minimum Gasteiger partial charge on any atom is -0.338 e. The molecule has 112 valence electrons. The highest BCUT2D eigenvalue weighted by Gasteiger charge is 2.38. The van der Waals surface area contributed by atoms with Crippen LogP contribution in [-0.2, 0) is 5.41 Å². The number of nitrogens with two attached hydrogens (primary N) is 1. The fourth-order valence-corrected chi connectivity index (χ4v) is 3.16. The van der Waals surface area contributed by atoms with Crippen molar-refractivity contribution in [3.05, 3.63) is 35.5 Å². The minimum atomic E-state index is -0.259. The fraction of sp³-hybridized carbons (Fsp3) is 0.500. The molecule has 1 aliphatic rings. The lowest BCUT2D eigenvalue weighted by atomic mass is 9.74. The maximum absolute atomic E-state index is 13.2. The van der Waals surface area contributed by atoms with Gasteiger partial charge < -0.3 is 10.3 Å². The van der Waals surface area contributed by atoms with Gasteiger partial charge in [0.25, 0.3) is 0 Å². The van der Waals surface area contributed by atoms with Crippen LogP contribution in [0.4, 0.5) is 4.39 Å². The van der Waals surface area contributed by atoms with Crippen LogP contribution in [0.1, 0.15) is 43.6 Å². The first-order chi connectivity index (χ1) is 10.1. The molecule has 1 aromatic heterocycles. The quantitative estimate of drug-likeness (QED) is 0.941. The van der Waals surface area contributed by atoms with Gasteiger partial charge in [0.1, 0.15) is 5.82 Å². The van der Waals surface area contributed by atoms with Crippen molar-refractivity contribution in [1.29, 1.82) is 0 Å². The van der Waals surface area contributed by atoms with Gasteiger partial charge in [-0.1, -0.05) is 24.4 Å². The standard InChI is InChI=1S/C16H20FN3O/c1-11-9-12(17)5-6-13(11)14-19-15(21-20-14)16(10-18)7-3-2-4-8-16/h5-6,9H,2-4,7-8,10,18H2,1H3. The summed E-state index contributed by atoms with van der Waals surface area (Å²) in [5, 5.41) is 4.08. The predicted octanol–water partition coefficient (Wildman–Crippen LogP) is 3.34. The third-order valence-electron chi connectivity index (χ3n) is 4.51. The van der Waals surface area contributed by atoms with Crippen LogP contribution >= 0.6 is 0 Å². The molecule has 0 atom stereocenters. The molecule has 0 saturated heterocycles. The molecule has 0 spiro atoms. The van der Waals surface area contributed by atoms with Crippen molar-refractivity contribution in [3.63, 3.8) is 0 Å². The van der Waals surface area contributed by atoms with Gasteiger partial charge in [-0.25, -0.2) is 4.39 Å². The molecule has 1 saturated carbocycles. The molecule has 0 unspecified atom stereocenters. The summed E-state index contributed by atoms with van der Waals surface area (Å²) >= 11 is 0. The molecule has 0 radical (unpaired) electrons. The number of aromatic nitrogens is 2. The molecular formula is C16H20FN3O. The first-order valence-electron chi connectivity index (χ1n) is 7.45. The van der Waals surface area contributed by atoms with Gasteiger partial charge in [-0.2, -0.15) is 4.98 Å². The lowest BCUT2D eigenvalue weighted by molar-refractivity contribution is 0.220. The highest BCUT2D eigenvalue weighted by Crippen LogP contribution is 2.38. The van der Waals surface area contributed by atoms with E-state index >= 15 is 0 Å². The van der Waals surface area contributed by atoms with Crippen LogP contribution in [0.15, 0.2) is 22.7 Å². The molecule has 5 heteroatoms. The number of hydrogen-bond donors (Lipinski definition) is 1. The summed E-state index contributed by atoms with van der Waals surface area (Å²) in [6, 6.07) is 4.58. The fourth-order valence-electron chi connectivity index (χ4n) is 3.16. The highest BCUT2D eigenvalue weighted by molar-refractivity contribution is 5.59. The van der Waals surface area contributed by atoms with Crippen molar-refractivity contribution in [2.24, 2.45) is 5.73 Å². The Kier molecular flexibility index (Phi) is 3.76. The number of rotatable bonds is 3. The SMILES string of the molecule is Cc1cc(F)ccc1-c1noc(C2(CN)CCCCC2)n1. The van der Waals surface area contributed by atoms with E-state index in [1.807, 2.05) is 6.92 Å². The van der Waals surface area contributed by atoms with Gasteiger partial charge in [0.05, 0.1) is 5.41 Å². The molecule has 1 heterocycles. The Balaban J connectivity index is 1.95. The van der Waals surface area contributed by atoms with E-state index in [2.05, 4.69) is 10.1 Å². The van der Waals surface area contributed by atoms with Crippen molar-refractivity contribution < 1.29 is 8.91 Å². The van der Waals surface area contributed by atoms with E-state index in [1.165, 1.54) is 18.6 Å². The molecule has 1 fully saturated rings. The lowest BCUT2D eigenvalue weighted by Gasteiger charge is -2.32. The normalized spacial score (nSPS) is 17.9. The summed E-state index contributed by atoms with van der Waals surface area (Å²) in [6.45, 7) is 2.37. The topological polar surface area (TPSA) is 64.9 Å². The Morgan fingerprint density at radius 3 is 2.71 bits per heavy atom. The minimum absolute atomic E-state index is 0.183. The predicted molar refractivity (Wildman–Crippen MR) is 78.2 cm³/mol. The van der Waals surface area contributed by atoms with E-state index in [1.54, 1.807) is 6.07 Å². The van der Waals surface area contributed by atoms with Crippen LogP contribution in [0.25, 0.3) is 11.4 Å². The molecular weight excluding hydrogens is 269 g/mol. The monoisotopic (exact) mass is 289 g/mol. The maximum atomic E-state index is 13.2. The van der Waals surface area contributed by atoms with Crippen molar-refractivity contribution in [1.82, 2.24) is 10.1 Å². The Labute approximate surface area is 123 Å². The highest BCUT2D eigenvalue weighted by atomic mass is 19.1. The summed E-state index contributed by atoms with van der Waals surface area (Å²) in [4.78, 5) is 4.56. The maximum Gasteiger partial charge on any atom is 0.234 e. The van der Waals surface area contributed by atoms with Crippen LogP contribution in [0, 0.1) is 12.7 Å². The average Bonchev–Trinajstić information content (AvgIpc) is 2.98. The smallest absolute Gasteiger partial charge is 0.234 e. The summed E-state index contributed by atoms with van der Waals surface area (Å²) in [5.74, 6) is 0.884. The van der Waals surface area contributed by atoms with E-state index in [0.29, 0.717) is 18.3 Å². The van der Waals surface area contributed by atoms with E-state index < -0.39 is 0 Å². The first-order valence-corrected chi connectivity index (χ1v) is 7.45. The second-order valence-electron chi connectivity index (χ2n) is 5.93. The Morgan fingerprint density at radius 1 is 1.29 bits per heavy atom. The van der Waals surface area contributed by atoms with E-state index in [0.717, 1.165) is 36.8 Å². The first kappa shape index (κ1) is 14.2. The van der Waals surface area contributed by atoms with Gasteiger partial charge in [0.15, 0.2) is 0 Å². The summed E-state index contributed by atoms with van der Waals surface area (Å²) in [6.07, 6.45) is 5.51. The molecule has 1 aliphatic carbocycles. The van der Waals surface area contributed by atoms with Crippen molar-refractivity contribution in [3.8, 4) is 11.4 Å². The average molecular weight is 289 g/mol. The van der Waals surface area contributed by atoms with Gasteiger partial charge in [-0.05, 0) is 43.5 Å². The summed E-state index contributed by atoms with van der Waals surface area (Å²) in [7, 11) is 0. The van der Waals surface area contributed by atoms with Crippen LogP contribution in [0.2, 0.25) is 0 Å². The summed E-state index contributed by atoms with van der Waals surface area (Å²) < 4.78 is 18.7. The van der Waals surface area contributed by atoms with Crippen LogP contribution in [0.5, 0.6) is 0 Å². The van der Waals surface area contributed by atoms with Gasteiger partial charge in [0.2, 0.25) is 11.7 Å². The van der Waals surface area contributed by atoms with Gasteiger partial charge >= 0.3 is 0 Å². The molecule has 21 heavy (non-hydrogen) atoms. The van der Waals surface area contributed by atoms with Crippen LogP contribution in [-0.4, -0.2) is 16.7 Å². The zero-order valence-electron chi connectivity index (χ0n) is 12.2. The van der Waals surface area contributed by atoms with E-state index in [-0.39, 0.29) is 11.2 Å². The van der Waals surface area contributed by atoms with Crippen LogP contribution in [0.3, 0.4) is 0 Å². The number of halogens is 1. The molecule has 1 aromatic carbocycles. The largest absolute Gasteiger partial charge is 0.338 e. The van der Waals surface area contributed by atoms with Gasteiger partial charge in [0, 0.05) is 12.1 Å². The number of hydrogen-bond acceptors (Lipinski definition) is 4. The molecule has 0 bridgehead atoms. The Morgan fingerprint density at radius 2 is 2.05 bits per heavy atom. The number of nitrogens with zero attached hydrogens (tertiary/aromatic N) is 2. The lowest BCUT2D eigenvalue weighted by Crippen LogP contribution is -2.37. The molecule has 2 N–H and O–H groups in total. The number of aryl methyl sites for hydroxylation is 1. The third kappa shape index (κ3) is 2.58.